The summed E-state index contributed by atoms with van der Waals surface area (Å²) in [4.78, 5) is 0. The van der Waals surface area contributed by atoms with E-state index < -0.39 is 11.7 Å². The van der Waals surface area contributed by atoms with Gasteiger partial charge in [0.15, 0.2) is 0 Å². The SMILES string of the molecule is CC1CCC(C)(C)C[C@@H]1Cc1ccc(C(F)(F)F)cc1. The van der Waals surface area contributed by atoms with Crippen molar-refractivity contribution in [1.82, 2.24) is 0 Å². The molecule has 1 unspecified atom stereocenters. The van der Waals surface area contributed by atoms with Gasteiger partial charge in [-0.25, -0.2) is 0 Å². The normalized spacial score (nSPS) is 26.5. The molecule has 20 heavy (non-hydrogen) atoms. The maximum Gasteiger partial charge on any atom is 0.416 e. The van der Waals surface area contributed by atoms with E-state index in [9.17, 15) is 13.2 Å². The number of halogens is 3. The Morgan fingerprint density at radius 1 is 1.15 bits per heavy atom. The van der Waals surface area contributed by atoms with Gasteiger partial charge >= 0.3 is 6.18 Å². The number of benzene rings is 1. The minimum absolute atomic E-state index is 0.364. The molecule has 0 nitrogen and oxygen atoms in total. The Labute approximate surface area is 119 Å². The fourth-order valence-corrected chi connectivity index (χ4v) is 3.27. The number of alkyl halides is 3. The maximum absolute atomic E-state index is 12.5. The minimum Gasteiger partial charge on any atom is -0.166 e. The van der Waals surface area contributed by atoms with Gasteiger partial charge in [-0.15, -0.1) is 0 Å². The van der Waals surface area contributed by atoms with Gasteiger partial charge in [-0.1, -0.05) is 32.9 Å². The molecule has 1 fully saturated rings. The average Bonchev–Trinajstić information content (AvgIpc) is 2.33. The molecule has 0 heterocycles. The highest BCUT2D eigenvalue weighted by Crippen LogP contribution is 2.43. The van der Waals surface area contributed by atoms with Crippen LogP contribution in [0.5, 0.6) is 0 Å². The first kappa shape index (κ1) is 15.4. The molecule has 0 aliphatic heterocycles. The lowest BCUT2D eigenvalue weighted by molar-refractivity contribution is -0.137. The van der Waals surface area contributed by atoms with E-state index >= 15 is 0 Å². The molecular weight excluding hydrogens is 261 g/mol. The molecule has 1 aromatic rings. The van der Waals surface area contributed by atoms with Crippen molar-refractivity contribution in [2.75, 3.05) is 0 Å². The van der Waals surface area contributed by atoms with E-state index in [-0.39, 0.29) is 0 Å². The molecular formula is C17H23F3. The summed E-state index contributed by atoms with van der Waals surface area (Å²) in [6.45, 7) is 6.85. The van der Waals surface area contributed by atoms with Crippen LogP contribution in [0.25, 0.3) is 0 Å². The first-order chi connectivity index (χ1) is 9.17. The fraction of sp³-hybridized carbons (Fsp3) is 0.647. The third kappa shape index (κ3) is 3.77. The molecule has 1 saturated carbocycles. The molecule has 0 saturated heterocycles. The number of hydrogen-bond acceptors (Lipinski definition) is 0. The highest BCUT2D eigenvalue weighted by atomic mass is 19.4. The van der Waals surface area contributed by atoms with Crippen molar-refractivity contribution in [3.05, 3.63) is 35.4 Å². The highest BCUT2D eigenvalue weighted by molar-refractivity contribution is 5.25. The Morgan fingerprint density at radius 3 is 2.30 bits per heavy atom. The molecule has 1 aliphatic carbocycles. The van der Waals surface area contributed by atoms with Gasteiger partial charge in [0.25, 0.3) is 0 Å². The molecule has 2 atom stereocenters. The zero-order valence-electron chi connectivity index (χ0n) is 12.4. The predicted octanol–water partition coefficient (Wildman–Crippen LogP) is 5.71. The summed E-state index contributed by atoms with van der Waals surface area (Å²) in [5, 5.41) is 0. The van der Waals surface area contributed by atoms with E-state index in [0.29, 0.717) is 17.3 Å². The summed E-state index contributed by atoms with van der Waals surface area (Å²) in [5.41, 5.74) is 0.828. The minimum atomic E-state index is -4.24. The second-order valence-electron chi connectivity index (χ2n) is 7.04. The second-order valence-corrected chi connectivity index (χ2v) is 7.04. The smallest absolute Gasteiger partial charge is 0.166 e. The Kier molecular flexibility index (Phi) is 4.17. The van der Waals surface area contributed by atoms with Gasteiger partial charge in [0.1, 0.15) is 0 Å². The molecule has 0 amide bonds. The lowest BCUT2D eigenvalue weighted by Gasteiger charge is -2.39. The van der Waals surface area contributed by atoms with E-state index in [2.05, 4.69) is 20.8 Å². The molecule has 112 valence electrons. The van der Waals surface area contributed by atoms with Crippen LogP contribution in [0.2, 0.25) is 0 Å². The highest BCUT2D eigenvalue weighted by Gasteiger charge is 2.33. The van der Waals surface area contributed by atoms with Gasteiger partial charge in [0.2, 0.25) is 0 Å². The lowest BCUT2D eigenvalue weighted by atomic mass is 9.66. The van der Waals surface area contributed by atoms with Gasteiger partial charge in [-0.3, -0.25) is 0 Å². The Morgan fingerprint density at radius 2 is 1.75 bits per heavy atom. The first-order valence-corrected chi connectivity index (χ1v) is 7.33. The molecule has 1 aliphatic rings. The second kappa shape index (κ2) is 5.42. The zero-order valence-corrected chi connectivity index (χ0v) is 12.4. The maximum atomic E-state index is 12.5. The average molecular weight is 284 g/mol. The summed E-state index contributed by atoms with van der Waals surface area (Å²) in [6.07, 6.45) is 0.284. The topological polar surface area (TPSA) is 0 Å². The van der Waals surface area contributed by atoms with E-state index in [1.165, 1.54) is 25.0 Å². The standard InChI is InChI=1S/C17H23F3/c1-12-8-9-16(2,3)11-14(12)10-13-4-6-15(7-5-13)17(18,19)20/h4-7,12,14H,8-11H2,1-3H3/t12?,14-/m0/s1. The van der Waals surface area contributed by atoms with Crippen molar-refractivity contribution in [3.63, 3.8) is 0 Å². The van der Waals surface area contributed by atoms with Crippen LogP contribution < -0.4 is 0 Å². The molecule has 3 heteroatoms. The van der Waals surface area contributed by atoms with Crippen LogP contribution in [0.15, 0.2) is 24.3 Å². The van der Waals surface area contributed by atoms with Crippen LogP contribution >= 0.6 is 0 Å². The third-order valence-electron chi connectivity index (χ3n) is 4.68. The van der Waals surface area contributed by atoms with Crippen LogP contribution in [0.1, 0.15) is 51.2 Å². The zero-order chi connectivity index (χ0) is 15.0. The molecule has 1 aromatic carbocycles. The Bertz CT molecular complexity index is 442. The van der Waals surface area contributed by atoms with Gasteiger partial charge in [-0.2, -0.15) is 13.2 Å². The largest absolute Gasteiger partial charge is 0.416 e. The summed E-state index contributed by atoms with van der Waals surface area (Å²) >= 11 is 0. The van der Waals surface area contributed by atoms with E-state index in [4.69, 9.17) is 0 Å². The first-order valence-electron chi connectivity index (χ1n) is 7.33. The molecule has 0 aromatic heterocycles. The number of hydrogen-bond donors (Lipinski definition) is 0. The van der Waals surface area contributed by atoms with Crippen molar-refractivity contribution < 1.29 is 13.2 Å². The number of rotatable bonds is 2. The predicted molar refractivity (Wildman–Crippen MR) is 75.4 cm³/mol. The van der Waals surface area contributed by atoms with Crippen molar-refractivity contribution in [3.8, 4) is 0 Å². The molecule has 0 N–H and O–H groups in total. The molecule has 0 radical (unpaired) electrons. The van der Waals surface area contributed by atoms with Gasteiger partial charge in [-0.05, 0) is 60.6 Å². The van der Waals surface area contributed by atoms with Gasteiger partial charge < -0.3 is 0 Å². The van der Waals surface area contributed by atoms with E-state index in [0.717, 1.165) is 18.4 Å². The van der Waals surface area contributed by atoms with Crippen molar-refractivity contribution in [1.29, 1.82) is 0 Å². The van der Waals surface area contributed by atoms with E-state index in [1.54, 1.807) is 12.1 Å². The van der Waals surface area contributed by atoms with Crippen molar-refractivity contribution in [2.45, 2.75) is 52.6 Å². The Balaban J connectivity index is 2.06. The summed E-state index contributed by atoms with van der Waals surface area (Å²) < 4.78 is 37.6. The van der Waals surface area contributed by atoms with Crippen LogP contribution in [0, 0.1) is 17.3 Å². The summed E-state index contributed by atoms with van der Waals surface area (Å²) in [7, 11) is 0. The Hall–Kier alpha value is -0.990. The quantitative estimate of drug-likeness (QED) is 0.652. The van der Waals surface area contributed by atoms with Crippen LogP contribution in [0.3, 0.4) is 0 Å². The van der Waals surface area contributed by atoms with Crippen molar-refractivity contribution >= 4 is 0 Å². The van der Waals surface area contributed by atoms with Crippen LogP contribution in [-0.2, 0) is 12.6 Å². The van der Waals surface area contributed by atoms with Crippen LogP contribution in [-0.4, -0.2) is 0 Å². The van der Waals surface area contributed by atoms with Gasteiger partial charge in [0, 0.05) is 0 Å². The van der Waals surface area contributed by atoms with E-state index in [1.807, 2.05) is 0 Å². The molecule has 0 bridgehead atoms. The molecule has 2 rings (SSSR count). The third-order valence-corrected chi connectivity index (χ3v) is 4.68. The summed E-state index contributed by atoms with van der Waals surface area (Å²) in [5.74, 6) is 1.24. The summed E-state index contributed by atoms with van der Waals surface area (Å²) in [6, 6.07) is 5.68. The lowest BCUT2D eigenvalue weighted by Crippen LogP contribution is -2.29. The monoisotopic (exact) mass is 284 g/mol. The van der Waals surface area contributed by atoms with Crippen LogP contribution in [0.4, 0.5) is 13.2 Å². The fourth-order valence-electron chi connectivity index (χ4n) is 3.27. The van der Waals surface area contributed by atoms with Gasteiger partial charge in [0.05, 0.1) is 5.56 Å². The molecule has 0 spiro atoms. The van der Waals surface area contributed by atoms with Crippen molar-refractivity contribution in [2.24, 2.45) is 17.3 Å².